The first-order valence-corrected chi connectivity index (χ1v) is 13.4. The molecule has 1 aliphatic carbocycles. The highest BCUT2D eigenvalue weighted by atomic mass is 16.5. The molecule has 0 bridgehead atoms. The van der Waals surface area contributed by atoms with Crippen LogP contribution in [0.2, 0.25) is 0 Å². The predicted molar refractivity (Wildman–Crippen MR) is 143 cm³/mol. The number of hydrogen-bond acceptors (Lipinski definition) is 6. The first-order valence-electron chi connectivity index (χ1n) is 13.4. The maximum absolute atomic E-state index is 10.9. The summed E-state index contributed by atoms with van der Waals surface area (Å²) >= 11 is 0. The lowest BCUT2D eigenvalue weighted by molar-refractivity contribution is -0.116. The van der Waals surface area contributed by atoms with Gasteiger partial charge in [0.2, 0.25) is 0 Å². The summed E-state index contributed by atoms with van der Waals surface area (Å²) in [5.74, 6) is -0.0784. The Morgan fingerprint density at radius 1 is 0.943 bits per heavy atom. The lowest BCUT2D eigenvalue weighted by Gasteiger charge is -2.50. The highest BCUT2D eigenvalue weighted by Gasteiger charge is 2.55. The molecular formula is C28H47N3O4. The minimum absolute atomic E-state index is 0.0143. The van der Waals surface area contributed by atoms with Crippen LogP contribution in [0.5, 0.6) is 11.5 Å². The van der Waals surface area contributed by atoms with Crippen molar-refractivity contribution in [1.82, 2.24) is 9.78 Å². The van der Waals surface area contributed by atoms with Crippen LogP contribution in [0.3, 0.4) is 0 Å². The largest absolute Gasteiger partial charge is 0.507 e. The molecule has 1 saturated carbocycles. The number of aromatic nitrogens is 2. The van der Waals surface area contributed by atoms with Gasteiger partial charge in [-0.25, -0.2) is 0 Å². The maximum Gasteiger partial charge on any atom is 0.125 e. The molecule has 2 atom stereocenters. The molecule has 0 spiro atoms. The van der Waals surface area contributed by atoms with Gasteiger partial charge in [0.15, 0.2) is 0 Å². The van der Waals surface area contributed by atoms with Crippen molar-refractivity contribution in [2.24, 2.45) is 0 Å². The van der Waals surface area contributed by atoms with Gasteiger partial charge in [-0.1, -0.05) is 34.6 Å². The van der Waals surface area contributed by atoms with E-state index in [0.717, 1.165) is 49.3 Å². The van der Waals surface area contributed by atoms with E-state index in [1.165, 1.54) is 0 Å². The van der Waals surface area contributed by atoms with Gasteiger partial charge in [-0.05, 0) is 33.1 Å². The Morgan fingerprint density at radius 3 is 1.89 bits per heavy atom. The van der Waals surface area contributed by atoms with Gasteiger partial charge in [-0.2, -0.15) is 5.10 Å². The van der Waals surface area contributed by atoms with E-state index >= 15 is 0 Å². The Labute approximate surface area is 212 Å². The monoisotopic (exact) mass is 489 g/mol. The average molecular weight is 490 g/mol. The molecule has 1 aromatic carbocycles. The molecule has 2 N–H and O–H groups in total. The van der Waals surface area contributed by atoms with Gasteiger partial charge in [0.1, 0.15) is 11.5 Å². The zero-order valence-corrected chi connectivity index (χ0v) is 23.2. The van der Waals surface area contributed by atoms with E-state index in [2.05, 4.69) is 31.9 Å². The van der Waals surface area contributed by atoms with Crippen molar-refractivity contribution in [1.29, 1.82) is 0 Å². The summed E-state index contributed by atoms with van der Waals surface area (Å²) in [6.07, 6.45) is 4.73. The van der Waals surface area contributed by atoms with Crippen molar-refractivity contribution in [3.63, 3.8) is 0 Å². The number of rotatable bonds is 7. The Morgan fingerprint density at radius 2 is 1.46 bits per heavy atom. The zero-order chi connectivity index (χ0) is 26.3. The van der Waals surface area contributed by atoms with Gasteiger partial charge in [-0.3, -0.25) is 4.68 Å². The van der Waals surface area contributed by atoms with Crippen LogP contribution in [0.4, 0.5) is 5.69 Å². The summed E-state index contributed by atoms with van der Waals surface area (Å²) in [5, 5.41) is 26.6. The second-order valence-corrected chi connectivity index (χ2v) is 9.00. The first-order chi connectivity index (χ1) is 16.9. The summed E-state index contributed by atoms with van der Waals surface area (Å²) in [7, 11) is 3.36. The van der Waals surface area contributed by atoms with Gasteiger partial charge in [0.25, 0.3) is 0 Å². The van der Waals surface area contributed by atoms with E-state index in [0.29, 0.717) is 5.56 Å². The quantitative estimate of drug-likeness (QED) is 0.496. The van der Waals surface area contributed by atoms with Gasteiger partial charge >= 0.3 is 0 Å². The fourth-order valence-corrected chi connectivity index (χ4v) is 5.31. The first kappa shape index (κ1) is 29.0. The van der Waals surface area contributed by atoms with E-state index < -0.39 is 0 Å². The molecule has 0 amide bonds. The number of methoxy groups -OCH3 is 2. The van der Waals surface area contributed by atoms with Crippen LogP contribution < -0.4 is 4.90 Å². The molecule has 198 valence electrons. The predicted octanol–water partition coefficient (Wildman–Crippen LogP) is 6.00. The third-order valence-electron chi connectivity index (χ3n) is 6.95. The fourth-order valence-electron chi connectivity index (χ4n) is 5.31. The number of nitrogens with zero attached hydrogens (tertiary/aromatic N) is 3. The minimum atomic E-state index is -0.264. The average Bonchev–Trinajstić information content (AvgIpc) is 3.54. The Bertz CT molecular complexity index is 886. The molecule has 7 nitrogen and oxygen atoms in total. The minimum Gasteiger partial charge on any atom is -0.507 e. The Hall–Kier alpha value is -2.25. The van der Waals surface area contributed by atoms with Crippen molar-refractivity contribution in [3.05, 3.63) is 35.2 Å². The molecule has 2 fully saturated rings. The smallest absolute Gasteiger partial charge is 0.125 e. The number of hydrogen-bond donors (Lipinski definition) is 2. The van der Waals surface area contributed by atoms with E-state index in [1.54, 1.807) is 26.4 Å². The van der Waals surface area contributed by atoms with Crippen LogP contribution in [0.15, 0.2) is 18.3 Å². The summed E-state index contributed by atoms with van der Waals surface area (Å²) in [5.41, 5.74) is 3.53. The van der Waals surface area contributed by atoms with Crippen molar-refractivity contribution in [3.8, 4) is 11.5 Å². The zero-order valence-electron chi connectivity index (χ0n) is 23.2. The van der Waals surface area contributed by atoms with E-state index in [9.17, 15) is 10.2 Å². The summed E-state index contributed by atoms with van der Waals surface area (Å²) in [4.78, 5) is 2.20. The number of aryl methyl sites for hydroxylation is 1. The highest BCUT2D eigenvalue weighted by molar-refractivity contribution is 5.62. The number of benzene rings is 1. The van der Waals surface area contributed by atoms with Crippen LogP contribution in [-0.4, -0.2) is 59.5 Å². The molecule has 35 heavy (non-hydrogen) atoms. The van der Waals surface area contributed by atoms with Gasteiger partial charge < -0.3 is 24.6 Å². The lowest BCUT2D eigenvalue weighted by atomic mass is 9.62. The molecule has 2 aliphatic rings. The second kappa shape index (κ2) is 13.2. The molecule has 1 saturated heterocycles. The third-order valence-corrected chi connectivity index (χ3v) is 6.95. The molecule has 4 rings (SSSR count). The van der Waals surface area contributed by atoms with Crippen LogP contribution in [-0.2, 0) is 15.9 Å². The van der Waals surface area contributed by atoms with Gasteiger partial charge in [0.05, 0.1) is 17.9 Å². The fraction of sp³-hybridized carbons (Fsp3) is 0.679. The van der Waals surface area contributed by atoms with E-state index in [4.69, 9.17) is 14.6 Å². The molecule has 1 aromatic heterocycles. The van der Waals surface area contributed by atoms with Crippen molar-refractivity contribution >= 4 is 5.69 Å². The van der Waals surface area contributed by atoms with Crippen molar-refractivity contribution < 1.29 is 19.7 Å². The van der Waals surface area contributed by atoms with E-state index in [-0.39, 0.29) is 41.6 Å². The number of ether oxygens (including phenoxy) is 2. The van der Waals surface area contributed by atoms with Crippen LogP contribution in [0, 0.1) is 0 Å². The summed E-state index contributed by atoms with van der Waals surface area (Å²) in [6.45, 7) is 16.2. The SMILES string of the molecule is CC.CC.CCc1nn(C(C)C)cc1C1C(OC)C(c2c(O)cc(N3CCCC3)cc2O)C1OC. The number of phenolic OH excluding ortho intramolecular Hbond substituents is 2. The van der Waals surface area contributed by atoms with Crippen molar-refractivity contribution in [2.45, 2.75) is 97.8 Å². The summed E-state index contributed by atoms with van der Waals surface area (Å²) < 4.78 is 13.8. The normalized spacial score (nSPS) is 23.3. The number of phenols is 2. The van der Waals surface area contributed by atoms with Crippen LogP contribution in [0.1, 0.15) is 96.0 Å². The molecular weight excluding hydrogens is 442 g/mol. The molecule has 2 unspecified atom stereocenters. The second-order valence-electron chi connectivity index (χ2n) is 9.00. The van der Waals surface area contributed by atoms with Gasteiger partial charge in [-0.15, -0.1) is 0 Å². The number of anilines is 1. The maximum atomic E-state index is 10.9. The molecule has 2 heterocycles. The van der Waals surface area contributed by atoms with Crippen LogP contribution in [0.25, 0.3) is 0 Å². The lowest BCUT2D eigenvalue weighted by Crippen LogP contribution is -2.53. The number of aromatic hydroxyl groups is 2. The van der Waals surface area contributed by atoms with Crippen molar-refractivity contribution in [2.75, 3.05) is 32.2 Å². The molecule has 2 aromatic rings. The Kier molecular flexibility index (Phi) is 10.9. The van der Waals surface area contributed by atoms with Gasteiger partial charge in [0, 0.05) is 80.3 Å². The molecule has 7 heteroatoms. The standard InChI is InChI=1S/C24H35N3O4.2C2H6/c1-6-17-16(13-27(25-17)14(2)3)20-23(30-4)22(24(20)31-5)21-18(28)11-15(12-19(21)29)26-9-7-8-10-26;2*1-2/h11-14,20,22-24,28-29H,6-10H2,1-5H3;2*1-2H3. The summed E-state index contributed by atoms with van der Waals surface area (Å²) in [6, 6.07) is 3.80. The Balaban J connectivity index is 0.00000103. The molecule has 0 radical (unpaired) electrons. The highest BCUT2D eigenvalue weighted by Crippen LogP contribution is 2.56. The molecule has 1 aliphatic heterocycles. The van der Waals surface area contributed by atoms with E-state index in [1.807, 2.05) is 32.4 Å². The third kappa shape index (κ3) is 5.61. The van der Waals surface area contributed by atoms with Crippen LogP contribution >= 0.6 is 0 Å². The topological polar surface area (TPSA) is 80.0 Å².